The second kappa shape index (κ2) is 12.1. The number of pyridine rings is 1. The molecular formula is C27H25F4N3O2S. The van der Waals surface area contributed by atoms with Crippen LogP contribution in [0.15, 0.2) is 53.6 Å². The van der Waals surface area contributed by atoms with Crippen molar-refractivity contribution < 1.29 is 27.1 Å². The highest BCUT2D eigenvalue weighted by Crippen LogP contribution is 2.38. The van der Waals surface area contributed by atoms with Crippen LogP contribution in [0.5, 0.6) is 5.75 Å². The molecule has 0 saturated heterocycles. The quantitative estimate of drug-likeness (QED) is 0.233. The number of hydrogen-bond donors (Lipinski definition) is 1. The number of nitrogens with one attached hydrogen (secondary N) is 1. The molecule has 3 rings (SSSR count). The number of carbonyl (C=O) groups excluding carboxylic acids is 1. The zero-order valence-electron chi connectivity index (χ0n) is 20.4. The van der Waals surface area contributed by atoms with Gasteiger partial charge in [-0.25, -0.2) is 9.37 Å². The van der Waals surface area contributed by atoms with Crippen LogP contribution in [0.2, 0.25) is 0 Å². The van der Waals surface area contributed by atoms with Crippen molar-refractivity contribution >= 4 is 23.4 Å². The molecule has 0 bridgehead atoms. The van der Waals surface area contributed by atoms with Crippen molar-refractivity contribution in [3.63, 3.8) is 0 Å². The molecule has 0 radical (unpaired) electrons. The Morgan fingerprint density at radius 2 is 1.92 bits per heavy atom. The Morgan fingerprint density at radius 3 is 2.54 bits per heavy atom. The molecule has 1 aromatic heterocycles. The molecule has 0 fully saturated rings. The van der Waals surface area contributed by atoms with Gasteiger partial charge in [0.2, 0.25) is 5.91 Å². The Balaban J connectivity index is 1.90. The number of anilines is 1. The lowest BCUT2D eigenvalue weighted by atomic mass is 10.0. The number of thioether (sulfide) groups is 1. The molecule has 1 amide bonds. The first-order chi connectivity index (χ1) is 17.5. The highest BCUT2D eigenvalue weighted by molar-refractivity contribution is 8.00. The van der Waals surface area contributed by atoms with Gasteiger partial charge in [-0.2, -0.15) is 18.4 Å². The van der Waals surface area contributed by atoms with E-state index in [1.165, 1.54) is 24.3 Å². The first kappa shape index (κ1) is 28.0. The average Bonchev–Trinajstić information content (AvgIpc) is 2.83. The van der Waals surface area contributed by atoms with Crippen molar-refractivity contribution in [3.05, 3.63) is 71.0 Å². The van der Waals surface area contributed by atoms with Crippen LogP contribution in [0, 0.1) is 30.0 Å². The Bertz CT molecular complexity index is 1320. The summed E-state index contributed by atoms with van der Waals surface area (Å²) < 4.78 is 61.2. The number of rotatable bonds is 9. The highest BCUT2D eigenvalue weighted by Gasteiger charge is 2.36. The molecule has 0 aliphatic heterocycles. The largest absolute Gasteiger partial charge is 0.493 e. The third-order valence-electron chi connectivity index (χ3n) is 5.31. The second-order valence-corrected chi connectivity index (χ2v) is 9.64. The third-order valence-corrected chi connectivity index (χ3v) is 6.29. The van der Waals surface area contributed by atoms with Crippen molar-refractivity contribution in [1.82, 2.24) is 4.98 Å². The van der Waals surface area contributed by atoms with Gasteiger partial charge in [0.1, 0.15) is 22.7 Å². The average molecular weight is 532 g/mol. The zero-order valence-corrected chi connectivity index (χ0v) is 21.3. The molecule has 5 nitrogen and oxygen atoms in total. The molecular weight excluding hydrogens is 506 g/mol. The topological polar surface area (TPSA) is 75.0 Å². The molecule has 1 N–H and O–H groups in total. The summed E-state index contributed by atoms with van der Waals surface area (Å²) in [6.07, 6.45) is -3.96. The van der Waals surface area contributed by atoms with E-state index in [0.717, 1.165) is 18.1 Å². The lowest BCUT2D eigenvalue weighted by Crippen LogP contribution is -2.16. The molecule has 0 atom stereocenters. The van der Waals surface area contributed by atoms with Crippen LogP contribution in [-0.2, 0) is 11.0 Å². The van der Waals surface area contributed by atoms with Gasteiger partial charge in [-0.1, -0.05) is 37.7 Å². The van der Waals surface area contributed by atoms with Crippen LogP contribution >= 0.6 is 11.8 Å². The number of halogens is 4. The minimum Gasteiger partial charge on any atom is -0.493 e. The zero-order chi connectivity index (χ0) is 27.2. The standard InChI is InChI=1S/C27H25F4N3O2S/c1-16(2)10-11-36-24-9-8-18(12-17(24)3)23-13-20(27(29,30)31)19(14-32)26(34-23)37-15-25(35)33-22-7-5-4-6-21(22)28/h4-9,12-13,16H,10-11,15H2,1-3H3,(H,33,35). The predicted octanol–water partition coefficient (Wildman–Crippen LogP) is 7.24. The summed E-state index contributed by atoms with van der Waals surface area (Å²) in [6, 6.07) is 12.9. The molecule has 10 heteroatoms. The second-order valence-electron chi connectivity index (χ2n) is 8.67. The minimum absolute atomic E-state index is 0.000155. The summed E-state index contributed by atoms with van der Waals surface area (Å²) in [6.45, 7) is 6.45. The fraction of sp³-hybridized carbons (Fsp3) is 0.296. The van der Waals surface area contributed by atoms with E-state index < -0.39 is 29.0 Å². The maximum absolute atomic E-state index is 13.9. The lowest BCUT2D eigenvalue weighted by molar-refractivity contribution is -0.138. The first-order valence-electron chi connectivity index (χ1n) is 11.4. The van der Waals surface area contributed by atoms with E-state index in [1.807, 2.05) is 0 Å². The van der Waals surface area contributed by atoms with Gasteiger partial charge in [0, 0.05) is 5.56 Å². The Labute approximate surface area is 216 Å². The minimum atomic E-state index is -4.82. The predicted molar refractivity (Wildman–Crippen MR) is 135 cm³/mol. The van der Waals surface area contributed by atoms with Gasteiger partial charge in [-0.05, 0) is 61.2 Å². The summed E-state index contributed by atoms with van der Waals surface area (Å²) in [5.74, 6) is -0.594. The van der Waals surface area contributed by atoms with E-state index in [1.54, 1.807) is 31.2 Å². The van der Waals surface area contributed by atoms with E-state index >= 15 is 0 Å². The van der Waals surface area contributed by atoms with Gasteiger partial charge in [0.25, 0.3) is 0 Å². The van der Waals surface area contributed by atoms with Crippen molar-refractivity contribution in [1.29, 1.82) is 5.26 Å². The summed E-state index contributed by atoms with van der Waals surface area (Å²) in [7, 11) is 0. The number of hydrogen-bond acceptors (Lipinski definition) is 5. The van der Waals surface area contributed by atoms with Gasteiger partial charge < -0.3 is 10.1 Å². The maximum Gasteiger partial charge on any atom is 0.417 e. The molecule has 194 valence electrons. The van der Waals surface area contributed by atoms with Crippen molar-refractivity contribution in [3.8, 4) is 23.1 Å². The molecule has 0 saturated carbocycles. The van der Waals surface area contributed by atoms with Crippen molar-refractivity contribution in [2.75, 3.05) is 17.7 Å². The number of alkyl halides is 3. The van der Waals surface area contributed by atoms with Crippen LogP contribution in [0.1, 0.15) is 37.0 Å². The molecule has 1 heterocycles. The smallest absolute Gasteiger partial charge is 0.417 e. The number of benzene rings is 2. The van der Waals surface area contributed by atoms with Crippen molar-refractivity contribution in [2.45, 2.75) is 38.4 Å². The summed E-state index contributed by atoms with van der Waals surface area (Å²) in [5.41, 5.74) is -0.754. The van der Waals surface area contributed by atoms with Crippen molar-refractivity contribution in [2.24, 2.45) is 5.92 Å². The van der Waals surface area contributed by atoms with Gasteiger partial charge in [-0.3, -0.25) is 4.79 Å². The van der Waals surface area contributed by atoms with E-state index in [-0.39, 0.29) is 22.2 Å². The molecule has 2 aromatic carbocycles. The molecule has 0 spiro atoms. The normalized spacial score (nSPS) is 11.3. The Morgan fingerprint density at radius 1 is 1.19 bits per heavy atom. The summed E-state index contributed by atoms with van der Waals surface area (Å²) in [5, 5.41) is 11.6. The molecule has 0 unspecified atom stereocenters. The van der Waals surface area contributed by atoms with Crippen LogP contribution in [0.25, 0.3) is 11.3 Å². The number of ether oxygens (including phenoxy) is 1. The van der Waals surface area contributed by atoms with Gasteiger partial charge in [0.15, 0.2) is 0 Å². The first-order valence-corrected chi connectivity index (χ1v) is 12.4. The highest BCUT2D eigenvalue weighted by atomic mass is 32.2. The number of aryl methyl sites for hydroxylation is 1. The van der Waals surface area contributed by atoms with Gasteiger partial charge >= 0.3 is 6.18 Å². The SMILES string of the molecule is Cc1cc(-c2cc(C(F)(F)F)c(C#N)c(SCC(=O)Nc3ccccc3F)n2)ccc1OCCC(C)C. The van der Waals surface area contributed by atoms with Crippen LogP contribution in [-0.4, -0.2) is 23.3 Å². The number of nitriles is 1. The van der Waals surface area contributed by atoms with Gasteiger partial charge in [-0.15, -0.1) is 0 Å². The molecule has 3 aromatic rings. The third kappa shape index (κ3) is 7.46. The Kier molecular flexibility index (Phi) is 9.16. The number of carbonyl (C=O) groups is 1. The van der Waals surface area contributed by atoms with Crippen LogP contribution < -0.4 is 10.1 Å². The monoisotopic (exact) mass is 531 g/mol. The Hall–Kier alpha value is -3.58. The molecule has 37 heavy (non-hydrogen) atoms. The lowest BCUT2D eigenvalue weighted by Gasteiger charge is -2.15. The number of nitrogens with zero attached hydrogens (tertiary/aromatic N) is 2. The fourth-order valence-corrected chi connectivity index (χ4v) is 4.17. The van der Waals surface area contributed by atoms with E-state index in [2.05, 4.69) is 24.1 Å². The van der Waals surface area contributed by atoms with E-state index in [4.69, 9.17) is 4.74 Å². The number of para-hydroxylation sites is 1. The van der Waals surface area contributed by atoms with Gasteiger partial charge in [0.05, 0.1) is 34.9 Å². The number of aromatic nitrogens is 1. The number of amides is 1. The van der Waals surface area contributed by atoms with E-state index in [0.29, 0.717) is 35.6 Å². The summed E-state index contributed by atoms with van der Waals surface area (Å²) >= 11 is 0.672. The van der Waals surface area contributed by atoms with Crippen LogP contribution in [0.3, 0.4) is 0 Å². The van der Waals surface area contributed by atoms with E-state index in [9.17, 15) is 27.6 Å². The maximum atomic E-state index is 13.9. The summed E-state index contributed by atoms with van der Waals surface area (Å²) in [4.78, 5) is 16.6. The molecule has 0 aliphatic rings. The van der Waals surface area contributed by atoms with Crippen LogP contribution in [0.4, 0.5) is 23.2 Å². The molecule has 0 aliphatic carbocycles. The fourth-order valence-electron chi connectivity index (χ4n) is 3.36.